The van der Waals surface area contributed by atoms with E-state index in [1.807, 2.05) is 128 Å². The van der Waals surface area contributed by atoms with Gasteiger partial charge in [-0.15, -0.1) is 0 Å². The molecule has 0 amide bonds. The molecule has 80 heavy (non-hydrogen) atoms. The van der Waals surface area contributed by atoms with Gasteiger partial charge < -0.3 is 29.9 Å². The van der Waals surface area contributed by atoms with E-state index in [-0.39, 0.29) is 24.8 Å². The van der Waals surface area contributed by atoms with Gasteiger partial charge in [0.15, 0.2) is 0 Å². The number of carbonyl (C=O) groups excluding carboxylic acids is 2. The van der Waals surface area contributed by atoms with E-state index in [1.54, 1.807) is 26.0 Å². The minimum Gasteiger partial charge on any atom is -0.462 e. The Labute approximate surface area is 489 Å². The molecule has 0 saturated heterocycles. The summed E-state index contributed by atoms with van der Waals surface area (Å²) in [5, 5.41) is 47.4. The van der Waals surface area contributed by atoms with Gasteiger partial charge in [0.1, 0.15) is 23.4 Å². The van der Waals surface area contributed by atoms with E-state index in [2.05, 4.69) is 38.2 Å². The molecule has 452 valence electrons. The summed E-state index contributed by atoms with van der Waals surface area (Å²) in [6.45, 7) is 23.4. The topological polar surface area (TPSA) is 134 Å². The van der Waals surface area contributed by atoms with Gasteiger partial charge >= 0.3 is 11.9 Å². The zero-order chi connectivity index (χ0) is 59.6. The fourth-order valence-corrected chi connectivity index (χ4v) is 11.5. The summed E-state index contributed by atoms with van der Waals surface area (Å²) in [5.41, 5.74) is -3.64. The first-order chi connectivity index (χ1) is 37.8. The highest BCUT2D eigenvalue weighted by Gasteiger charge is 2.60. The molecule has 0 unspecified atom stereocenters. The highest BCUT2D eigenvalue weighted by molar-refractivity contribution is 5.70. The molecule has 0 heterocycles. The molecule has 0 aromatic carbocycles. The molecule has 0 bridgehead atoms. The molecule has 8 heteroatoms. The Morgan fingerprint density at radius 2 is 0.688 bits per heavy atom. The van der Waals surface area contributed by atoms with Crippen molar-refractivity contribution in [2.24, 2.45) is 10.8 Å². The van der Waals surface area contributed by atoms with E-state index in [0.717, 1.165) is 73.7 Å². The number of carbonyl (C=O) groups is 2. The van der Waals surface area contributed by atoms with Crippen LogP contribution >= 0.6 is 0 Å². The number of unbranched alkanes of at least 4 members (excludes halogenated alkanes) is 18. The average molecular weight is 1110 g/mol. The molecule has 0 radical (unpaired) electrons. The second-order valence-electron chi connectivity index (χ2n) is 25.6. The van der Waals surface area contributed by atoms with Crippen molar-refractivity contribution in [2.75, 3.05) is 0 Å². The Kier molecular flexibility index (Phi) is 34.1. The molecule has 0 aromatic rings. The molecule has 2 rings (SSSR count). The van der Waals surface area contributed by atoms with E-state index >= 15 is 0 Å². The van der Waals surface area contributed by atoms with Gasteiger partial charge in [0.05, 0.1) is 11.2 Å². The van der Waals surface area contributed by atoms with Gasteiger partial charge in [-0.3, -0.25) is 9.59 Å². The minimum absolute atomic E-state index is 0.161. The standard InChI is InChI=1S/C72H116O8/c1-13-15-17-19-21-23-25-27-29-31-33-35-37-49-65(73)79-63-55-67(7,8)71(77,69(11,75)57-63)53-51-61(5)47-41-45-59(3)43-39-40-44-60(4)46-42-48-62(6)52-54-72(78)68(9,10)56-64(58-70(72,12)76)80-66(74)50-38-36-34-32-30-28-26-24-22-20-18-16-14-2/h23-26,39-48,51-54,63-64,75-78H,13-22,27-38,49-50,55-58H2,1-12H3/b25-23-,26-24-,40-39+,45-41+,46-42+,53-51+,54-52+,59-43+,60-44+,61-47+,62-48+/t63-,64-,69+,70+,71+,72+/m0/s1. The number of ether oxygens (including phenoxy) is 2. The zero-order valence-corrected chi connectivity index (χ0v) is 52.8. The summed E-state index contributed by atoms with van der Waals surface area (Å²) in [4.78, 5) is 25.7. The van der Waals surface area contributed by atoms with Crippen LogP contribution in [-0.2, 0) is 19.1 Å². The van der Waals surface area contributed by atoms with Crippen molar-refractivity contribution in [2.45, 2.75) is 297 Å². The normalized spacial score (nSPS) is 26.2. The van der Waals surface area contributed by atoms with E-state index in [0.29, 0.717) is 25.7 Å². The Bertz CT molecular complexity index is 1960. The summed E-state index contributed by atoms with van der Waals surface area (Å²) < 4.78 is 11.8. The molecular formula is C72H116O8. The quantitative estimate of drug-likeness (QED) is 0.0208. The maximum atomic E-state index is 12.8. The Hall–Kier alpha value is -4.08. The van der Waals surface area contributed by atoms with E-state index in [1.165, 1.54) is 89.9 Å². The van der Waals surface area contributed by atoms with E-state index in [9.17, 15) is 30.0 Å². The SMILES string of the molecule is CCCCCC/C=C\CCCCCCCC(=O)O[C@H]1CC(C)(C)[C@](O)(/C=C/C(C)=C/C=C/C(C)=C/C=C/C=C(C)/C=C/C=C(C)/C=C/[C@@]2(O)C(C)(C)C[C@H](OC(=O)CCCCCCC/C=C\CCCCCC)C[C@@]2(C)O)[C@](C)(O)C1. The molecule has 2 aliphatic rings. The maximum absolute atomic E-state index is 12.8. The van der Waals surface area contributed by atoms with Crippen molar-refractivity contribution < 1.29 is 39.5 Å². The first-order valence-corrected chi connectivity index (χ1v) is 31.5. The summed E-state index contributed by atoms with van der Waals surface area (Å²) in [6, 6.07) is 0. The van der Waals surface area contributed by atoms with Crippen LogP contribution in [0.25, 0.3) is 0 Å². The first-order valence-electron chi connectivity index (χ1n) is 31.5. The molecule has 0 spiro atoms. The van der Waals surface area contributed by atoms with Crippen LogP contribution in [0.2, 0.25) is 0 Å². The van der Waals surface area contributed by atoms with Gasteiger partial charge in [-0.2, -0.15) is 0 Å². The van der Waals surface area contributed by atoms with Crippen LogP contribution in [0.3, 0.4) is 0 Å². The highest BCUT2D eigenvalue weighted by atomic mass is 16.5. The number of aliphatic hydroxyl groups is 4. The molecule has 6 atom stereocenters. The van der Waals surface area contributed by atoms with Gasteiger partial charge in [0.25, 0.3) is 0 Å². The van der Waals surface area contributed by atoms with Crippen LogP contribution in [-0.4, -0.2) is 67.0 Å². The Morgan fingerprint density at radius 1 is 0.400 bits per heavy atom. The summed E-state index contributed by atoms with van der Waals surface area (Å²) in [6.07, 6.45) is 63.0. The summed E-state index contributed by atoms with van der Waals surface area (Å²) in [7, 11) is 0. The first kappa shape index (κ1) is 72.0. The second kappa shape index (κ2) is 37.9. The lowest BCUT2D eigenvalue weighted by atomic mass is 9.57. The van der Waals surface area contributed by atoms with Crippen LogP contribution < -0.4 is 0 Å². The maximum Gasteiger partial charge on any atom is 0.306 e. The Morgan fingerprint density at radius 3 is 1.01 bits per heavy atom. The van der Waals surface area contributed by atoms with Crippen molar-refractivity contribution >= 4 is 11.9 Å². The minimum atomic E-state index is -1.53. The van der Waals surface area contributed by atoms with Crippen LogP contribution in [0.4, 0.5) is 0 Å². The van der Waals surface area contributed by atoms with Crippen LogP contribution in [0.15, 0.2) is 132 Å². The molecule has 0 aliphatic heterocycles. The Balaban J connectivity index is 1.82. The zero-order valence-electron chi connectivity index (χ0n) is 52.8. The molecule has 2 fully saturated rings. The number of allylic oxidation sites excluding steroid dienone is 20. The van der Waals surface area contributed by atoms with Crippen molar-refractivity contribution in [3.8, 4) is 0 Å². The fraction of sp³-hybridized carbons (Fsp3) is 0.667. The molecule has 2 aliphatic carbocycles. The van der Waals surface area contributed by atoms with Crippen molar-refractivity contribution in [3.05, 3.63) is 132 Å². The van der Waals surface area contributed by atoms with Crippen molar-refractivity contribution in [1.82, 2.24) is 0 Å². The summed E-state index contributed by atoms with van der Waals surface area (Å²) >= 11 is 0. The number of rotatable bonds is 38. The third-order valence-corrected chi connectivity index (χ3v) is 16.8. The number of esters is 2. The lowest BCUT2D eigenvalue weighted by Gasteiger charge is -2.55. The van der Waals surface area contributed by atoms with Gasteiger partial charge in [0.2, 0.25) is 0 Å². The largest absolute Gasteiger partial charge is 0.462 e. The van der Waals surface area contributed by atoms with Crippen LogP contribution in [0.5, 0.6) is 0 Å². The lowest BCUT2D eigenvalue weighted by Crippen LogP contribution is -2.65. The van der Waals surface area contributed by atoms with Gasteiger partial charge in [-0.25, -0.2) is 0 Å². The van der Waals surface area contributed by atoms with Crippen LogP contribution in [0, 0.1) is 10.8 Å². The van der Waals surface area contributed by atoms with E-state index in [4.69, 9.17) is 9.47 Å². The van der Waals surface area contributed by atoms with Crippen molar-refractivity contribution in [1.29, 1.82) is 0 Å². The van der Waals surface area contributed by atoms with Crippen molar-refractivity contribution in [3.63, 3.8) is 0 Å². The highest BCUT2D eigenvalue weighted by Crippen LogP contribution is 2.52. The molecule has 8 nitrogen and oxygen atoms in total. The van der Waals surface area contributed by atoms with Gasteiger partial charge in [-0.05, 0) is 131 Å². The van der Waals surface area contributed by atoms with Gasteiger partial charge in [0, 0.05) is 36.5 Å². The second-order valence-corrected chi connectivity index (χ2v) is 25.6. The third-order valence-electron chi connectivity index (χ3n) is 16.8. The van der Waals surface area contributed by atoms with E-state index < -0.39 is 45.4 Å². The lowest BCUT2D eigenvalue weighted by molar-refractivity contribution is -0.223. The molecule has 2 saturated carbocycles. The molecule has 0 aromatic heterocycles. The predicted molar refractivity (Wildman–Crippen MR) is 338 cm³/mol. The van der Waals surface area contributed by atoms with Crippen LogP contribution in [0.1, 0.15) is 263 Å². The third kappa shape index (κ3) is 26.9. The number of hydrogen-bond acceptors (Lipinski definition) is 8. The monoisotopic (exact) mass is 1110 g/mol. The molecule has 4 N–H and O–H groups in total. The number of hydrogen-bond donors (Lipinski definition) is 4. The van der Waals surface area contributed by atoms with Gasteiger partial charge in [-0.1, -0.05) is 238 Å². The fourth-order valence-electron chi connectivity index (χ4n) is 11.5. The summed E-state index contributed by atoms with van der Waals surface area (Å²) in [5.74, 6) is -0.457. The smallest absolute Gasteiger partial charge is 0.306 e. The molecular weight excluding hydrogens is 993 g/mol. The average Bonchev–Trinajstić information content (AvgIpc) is 3.38. The predicted octanol–water partition coefficient (Wildman–Crippen LogP) is 18.5.